The molecule has 156 valence electrons. The fourth-order valence-corrected chi connectivity index (χ4v) is 3.79. The number of carbonyl (C=O) groups is 2. The fraction of sp³-hybridized carbons (Fsp3) is 0.304. The minimum absolute atomic E-state index is 0.0723. The second-order valence-corrected chi connectivity index (χ2v) is 7.45. The third kappa shape index (κ3) is 4.16. The predicted octanol–water partition coefficient (Wildman–Crippen LogP) is 2.53. The van der Waals surface area contributed by atoms with Crippen molar-refractivity contribution in [3.8, 4) is 5.75 Å². The van der Waals surface area contributed by atoms with Crippen LogP contribution in [0, 0.1) is 6.92 Å². The molecule has 4 rings (SSSR count). The van der Waals surface area contributed by atoms with Gasteiger partial charge in [-0.15, -0.1) is 0 Å². The number of nitrogens with one attached hydrogen (secondary N) is 3. The zero-order valence-electron chi connectivity index (χ0n) is 17.0. The molecule has 0 saturated carbocycles. The second kappa shape index (κ2) is 8.59. The molecule has 1 aliphatic heterocycles. The van der Waals surface area contributed by atoms with Crippen molar-refractivity contribution in [2.75, 3.05) is 13.6 Å². The van der Waals surface area contributed by atoms with Crippen LogP contribution in [0.4, 0.5) is 0 Å². The average Bonchev–Trinajstić information content (AvgIpc) is 3.35. The van der Waals surface area contributed by atoms with Crippen LogP contribution >= 0.6 is 0 Å². The molecule has 3 aromatic rings. The lowest BCUT2D eigenvalue weighted by molar-refractivity contribution is -0.122. The van der Waals surface area contributed by atoms with Crippen molar-refractivity contribution >= 4 is 22.8 Å². The van der Waals surface area contributed by atoms with Crippen LogP contribution in [0.15, 0.2) is 52.9 Å². The number of ether oxygens (including phenoxy) is 1. The summed E-state index contributed by atoms with van der Waals surface area (Å²) in [6.07, 6.45) is 0.547. The third-order valence-corrected chi connectivity index (χ3v) is 5.34. The van der Waals surface area contributed by atoms with E-state index in [1.54, 1.807) is 14.0 Å². The van der Waals surface area contributed by atoms with Gasteiger partial charge < -0.3 is 25.1 Å². The van der Waals surface area contributed by atoms with Crippen LogP contribution in [-0.4, -0.2) is 37.5 Å². The Bertz CT molecular complexity index is 1060. The molecule has 30 heavy (non-hydrogen) atoms. The maximum Gasteiger partial charge on any atom is 0.255 e. The highest BCUT2D eigenvalue weighted by molar-refractivity contribution is 6.07. The highest BCUT2D eigenvalue weighted by Gasteiger charge is 2.31. The number of furan rings is 1. The molecule has 1 fully saturated rings. The fourth-order valence-electron chi connectivity index (χ4n) is 3.79. The molecular formula is C23H25N3O4. The summed E-state index contributed by atoms with van der Waals surface area (Å²) in [6.45, 7) is 2.77. The lowest BCUT2D eigenvalue weighted by Gasteiger charge is -2.12. The van der Waals surface area contributed by atoms with E-state index in [1.807, 2.05) is 48.5 Å². The first-order valence-corrected chi connectivity index (χ1v) is 10.0. The van der Waals surface area contributed by atoms with E-state index in [1.165, 1.54) is 0 Å². The van der Waals surface area contributed by atoms with Gasteiger partial charge in [0.15, 0.2) is 0 Å². The van der Waals surface area contributed by atoms with E-state index >= 15 is 0 Å². The van der Waals surface area contributed by atoms with E-state index < -0.39 is 0 Å². The number of amides is 2. The summed E-state index contributed by atoms with van der Waals surface area (Å²) in [6, 6.07) is 15.0. The van der Waals surface area contributed by atoms with E-state index in [0.29, 0.717) is 47.6 Å². The van der Waals surface area contributed by atoms with Crippen molar-refractivity contribution in [1.29, 1.82) is 0 Å². The monoisotopic (exact) mass is 407 g/mol. The van der Waals surface area contributed by atoms with Crippen LogP contribution in [0.25, 0.3) is 11.0 Å². The predicted molar refractivity (Wildman–Crippen MR) is 113 cm³/mol. The summed E-state index contributed by atoms with van der Waals surface area (Å²) in [5, 5.41) is 9.49. The van der Waals surface area contributed by atoms with E-state index in [2.05, 4.69) is 16.0 Å². The minimum atomic E-state index is -0.291. The Kier molecular flexibility index (Phi) is 5.72. The zero-order valence-corrected chi connectivity index (χ0v) is 17.0. The Hall–Kier alpha value is -3.32. The maximum atomic E-state index is 13.0. The Morgan fingerprint density at radius 1 is 1.20 bits per heavy atom. The summed E-state index contributed by atoms with van der Waals surface area (Å²) < 4.78 is 11.7. The number of fused-ring (bicyclic) bond motifs is 1. The number of hydrogen-bond donors (Lipinski definition) is 3. The van der Waals surface area contributed by atoms with Crippen molar-refractivity contribution in [2.24, 2.45) is 0 Å². The van der Waals surface area contributed by atoms with Crippen LogP contribution in [0.1, 0.15) is 28.1 Å². The van der Waals surface area contributed by atoms with E-state index in [-0.39, 0.29) is 23.9 Å². The summed E-state index contributed by atoms with van der Waals surface area (Å²) in [4.78, 5) is 24.8. The standard InChI is InChI=1S/C23H25N3O4/c1-14-21(23(28)26-16-10-19(25-12-16)22(27)24-2)18-11-17(8-9-20(18)30-14)29-13-15-6-4-3-5-7-15/h3-9,11,16,19,25H,10,12-13H2,1-2H3,(H,24,27)(H,26,28)/t16-,19+/m1/s1. The molecule has 1 saturated heterocycles. The zero-order chi connectivity index (χ0) is 21.1. The number of benzene rings is 2. The van der Waals surface area contributed by atoms with Gasteiger partial charge in [-0.25, -0.2) is 0 Å². The molecule has 0 unspecified atom stereocenters. The quantitative estimate of drug-likeness (QED) is 0.584. The number of hydrogen-bond acceptors (Lipinski definition) is 5. The molecule has 2 amide bonds. The van der Waals surface area contributed by atoms with Crippen LogP contribution in [0.3, 0.4) is 0 Å². The minimum Gasteiger partial charge on any atom is -0.489 e. The molecule has 2 aromatic carbocycles. The molecule has 0 bridgehead atoms. The first kappa shape index (κ1) is 20.0. The van der Waals surface area contributed by atoms with Crippen LogP contribution < -0.4 is 20.7 Å². The summed E-state index contributed by atoms with van der Waals surface area (Å²) in [5.41, 5.74) is 2.20. The van der Waals surface area contributed by atoms with E-state index in [9.17, 15) is 9.59 Å². The van der Waals surface area contributed by atoms with Gasteiger partial charge in [0, 0.05) is 25.0 Å². The SMILES string of the molecule is CNC(=O)[C@@H]1C[C@@H](NC(=O)c2c(C)oc3ccc(OCc4ccccc4)cc23)CN1. The molecule has 1 aliphatic rings. The maximum absolute atomic E-state index is 13.0. The van der Waals surface area contributed by atoms with Crippen LogP contribution in [0.5, 0.6) is 5.75 Å². The normalized spacial score (nSPS) is 18.3. The van der Waals surface area contributed by atoms with Crippen LogP contribution in [-0.2, 0) is 11.4 Å². The van der Waals surface area contributed by atoms with Crippen molar-refractivity contribution in [1.82, 2.24) is 16.0 Å². The Labute approximate surface area is 174 Å². The van der Waals surface area contributed by atoms with Crippen molar-refractivity contribution < 1.29 is 18.7 Å². The van der Waals surface area contributed by atoms with Gasteiger partial charge in [0.1, 0.15) is 23.7 Å². The summed E-state index contributed by atoms with van der Waals surface area (Å²) in [7, 11) is 1.61. The van der Waals surface area contributed by atoms with Crippen molar-refractivity contribution in [2.45, 2.75) is 32.0 Å². The first-order valence-electron chi connectivity index (χ1n) is 10.0. The molecule has 7 nitrogen and oxygen atoms in total. The number of likely N-dealkylation sites (N-methyl/N-ethyl adjacent to an activating group) is 1. The van der Waals surface area contributed by atoms with Crippen molar-refractivity contribution in [3.05, 3.63) is 65.4 Å². The van der Waals surface area contributed by atoms with Gasteiger partial charge in [0.05, 0.1) is 11.6 Å². The average molecular weight is 407 g/mol. The highest BCUT2D eigenvalue weighted by Crippen LogP contribution is 2.29. The van der Waals surface area contributed by atoms with Gasteiger partial charge in [-0.1, -0.05) is 30.3 Å². The Balaban J connectivity index is 1.49. The molecule has 7 heteroatoms. The molecular weight excluding hydrogens is 382 g/mol. The van der Waals surface area contributed by atoms with Gasteiger partial charge >= 0.3 is 0 Å². The van der Waals surface area contributed by atoms with Crippen molar-refractivity contribution in [3.63, 3.8) is 0 Å². The molecule has 0 radical (unpaired) electrons. The van der Waals surface area contributed by atoms with Crippen LogP contribution in [0.2, 0.25) is 0 Å². The smallest absolute Gasteiger partial charge is 0.255 e. The number of carbonyl (C=O) groups excluding carboxylic acids is 2. The second-order valence-electron chi connectivity index (χ2n) is 7.45. The lowest BCUT2D eigenvalue weighted by Crippen LogP contribution is -2.38. The van der Waals surface area contributed by atoms with Gasteiger partial charge in [-0.3, -0.25) is 9.59 Å². The lowest BCUT2D eigenvalue weighted by atomic mass is 10.1. The first-order chi connectivity index (χ1) is 14.5. The molecule has 2 heterocycles. The van der Waals surface area contributed by atoms with Gasteiger partial charge in [-0.2, -0.15) is 0 Å². The van der Waals surface area contributed by atoms with Gasteiger partial charge in [0.25, 0.3) is 5.91 Å². The molecule has 3 N–H and O–H groups in total. The third-order valence-electron chi connectivity index (χ3n) is 5.34. The number of rotatable bonds is 6. The molecule has 1 aromatic heterocycles. The summed E-state index contributed by atoms with van der Waals surface area (Å²) >= 11 is 0. The molecule has 0 aliphatic carbocycles. The number of aryl methyl sites for hydroxylation is 1. The van der Waals surface area contributed by atoms with E-state index in [0.717, 1.165) is 5.56 Å². The largest absolute Gasteiger partial charge is 0.489 e. The topological polar surface area (TPSA) is 92.6 Å². The van der Waals surface area contributed by atoms with Gasteiger partial charge in [0.2, 0.25) is 5.91 Å². The Morgan fingerprint density at radius 3 is 2.77 bits per heavy atom. The Morgan fingerprint density at radius 2 is 2.00 bits per heavy atom. The van der Waals surface area contributed by atoms with Gasteiger partial charge in [-0.05, 0) is 37.1 Å². The highest BCUT2D eigenvalue weighted by atomic mass is 16.5. The molecule has 2 atom stereocenters. The molecule has 0 spiro atoms. The summed E-state index contributed by atoms with van der Waals surface area (Å²) in [5.74, 6) is 0.938. The van der Waals surface area contributed by atoms with E-state index in [4.69, 9.17) is 9.15 Å².